The number of halogens is 2. The molecule has 32 heavy (non-hydrogen) atoms. The molecule has 9 heteroatoms. The average Bonchev–Trinajstić information content (AvgIpc) is 3.23. The van der Waals surface area contributed by atoms with Crippen LogP contribution in [0.2, 0.25) is 10.0 Å². The number of ether oxygens (including phenoxy) is 2. The highest BCUT2D eigenvalue weighted by atomic mass is 35.5. The molecule has 2 aromatic carbocycles. The zero-order valence-electron chi connectivity index (χ0n) is 17.3. The van der Waals surface area contributed by atoms with Gasteiger partial charge in [0.25, 0.3) is 0 Å². The normalized spacial score (nSPS) is 15.2. The van der Waals surface area contributed by atoms with Gasteiger partial charge in [0.15, 0.2) is 6.61 Å². The number of nitrogens with zero attached hydrogens (tertiary/aromatic N) is 3. The minimum absolute atomic E-state index is 0.0570. The summed E-state index contributed by atoms with van der Waals surface area (Å²) >= 11 is 12.0. The van der Waals surface area contributed by atoms with Gasteiger partial charge < -0.3 is 19.2 Å². The Morgan fingerprint density at radius 2 is 1.72 bits per heavy atom. The van der Waals surface area contributed by atoms with Gasteiger partial charge in [-0.1, -0.05) is 35.3 Å². The molecule has 0 radical (unpaired) electrons. The summed E-state index contributed by atoms with van der Waals surface area (Å²) in [7, 11) is 0. The summed E-state index contributed by atoms with van der Waals surface area (Å²) in [6, 6.07) is 16.9. The van der Waals surface area contributed by atoms with Gasteiger partial charge >= 0.3 is 0 Å². The van der Waals surface area contributed by atoms with E-state index in [9.17, 15) is 5.26 Å². The van der Waals surface area contributed by atoms with Crippen LogP contribution < -0.4 is 10.1 Å². The van der Waals surface area contributed by atoms with E-state index < -0.39 is 0 Å². The first-order valence-electron chi connectivity index (χ1n) is 10.2. The predicted molar refractivity (Wildman–Crippen MR) is 122 cm³/mol. The molecule has 1 aliphatic rings. The fourth-order valence-electron chi connectivity index (χ4n) is 3.52. The second kappa shape index (κ2) is 10.7. The molecule has 7 nitrogen and oxygen atoms in total. The van der Waals surface area contributed by atoms with Crippen LogP contribution >= 0.6 is 23.2 Å². The zero-order valence-corrected chi connectivity index (χ0v) is 18.8. The first-order chi connectivity index (χ1) is 15.6. The summed E-state index contributed by atoms with van der Waals surface area (Å²) in [5.41, 5.74) is 1.31. The first kappa shape index (κ1) is 22.4. The lowest BCUT2D eigenvalue weighted by Crippen LogP contribution is -2.41. The molecule has 166 valence electrons. The first-order valence-corrected chi connectivity index (χ1v) is 11.0. The largest absolute Gasteiger partial charge is 0.484 e. The van der Waals surface area contributed by atoms with Crippen molar-refractivity contribution in [3.63, 3.8) is 0 Å². The van der Waals surface area contributed by atoms with Crippen LogP contribution in [0.15, 0.2) is 52.9 Å². The van der Waals surface area contributed by atoms with Gasteiger partial charge in [0, 0.05) is 29.7 Å². The molecule has 0 aliphatic carbocycles. The van der Waals surface area contributed by atoms with Gasteiger partial charge in [-0.05, 0) is 42.0 Å². The van der Waals surface area contributed by atoms with Crippen molar-refractivity contribution in [2.75, 3.05) is 38.2 Å². The Balaban J connectivity index is 1.45. The van der Waals surface area contributed by atoms with Crippen LogP contribution in [0.1, 0.15) is 23.2 Å². The molecule has 1 atom stereocenters. The minimum atomic E-state index is 0.0570. The quantitative estimate of drug-likeness (QED) is 0.497. The summed E-state index contributed by atoms with van der Waals surface area (Å²) in [4.78, 5) is 6.58. The number of benzene rings is 2. The third-order valence-corrected chi connectivity index (χ3v) is 5.65. The van der Waals surface area contributed by atoms with Crippen molar-refractivity contribution in [2.24, 2.45) is 0 Å². The molecule has 0 spiro atoms. The van der Waals surface area contributed by atoms with Gasteiger partial charge in [-0.15, -0.1) is 0 Å². The topological polar surface area (TPSA) is 83.5 Å². The third-order valence-electron chi connectivity index (χ3n) is 5.15. The van der Waals surface area contributed by atoms with Crippen molar-refractivity contribution in [1.82, 2.24) is 9.88 Å². The maximum atomic E-state index is 9.50. The van der Waals surface area contributed by atoms with Crippen molar-refractivity contribution in [2.45, 2.75) is 12.6 Å². The molecule has 1 fully saturated rings. The molecule has 0 amide bonds. The lowest BCUT2D eigenvalue weighted by molar-refractivity contribution is 0.0186. The summed E-state index contributed by atoms with van der Waals surface area (Å²) in [5.74, 6) is 1.28. The predicted octanol–water partition coefficient (Wildman–Crippen LogP) is 4.92. The summed E-state index contributed by atoms with van der Waals surface area (Å²) in [6.07, 6.45) is 0. The van der Waals surface area contributed by atoms with Crippen LogP contribution in [-0.4, -0.2) is 42.7 Å². The second-order valence-corrected chi connectivity index (χ2v) is 8.11. The number of nitriles is 1. The Kier molecular flexibility index (Phi) is 7.51. The summed E-state index contributed by atoms with van der Waals surface area (Å²) in [5, 5.41) is 14.1. The number of morpholine rings is 1. The van der Waals surface area contributed by atoms with Gasteiger partial charge in [-0.2, -0.15) is 10.2 Å². The number of nitrogens with one attached hydrogen (secondary N) is 1. The van der Waals surface area contributed by atoms with E-state index in [1.807, 2.05) is 24.3 Å². The lowest BCUT2D eigenvalue weighted by Gasteiger charge is -2.34. The Morgan fingerprint density at radius 1 is 1.06 bits per heavy atom. The number of hydrogen-bond donors (Lipinski definition) is 1. The van der Waals surface area contributed by atoms with Crippen LogP contribution in [0, 0.1) is 11.3 Å². The molecular formula is C23H22Cl2N4O3. The maximum absolute atomic E-state index is 9.50. The van der Waals surface area contributed by atoms with Gasteiger partial charge in [-0.3, -0.25) is 4.90 Å². The Morgan fingerprint density at radius 3 is 2.38 bits per heavy atom. The van der Waals surface area contributed by atoms with Gasteiger partial charge in [0.2, 0.25) is 17.5 Å². The van der Waals surface area contributed by atoms with E-state index in [1.165, 1.54) is 0 Å². The number of anilines is 1. The molecule has 1 saturated heterocycles. The Bertz CT molecular complexity index is 1060. The van der Waals surface area contributed by atoms with Crippen LogP contribution in [-0.2, 0) is 11.3 Å². The van der Waals surface area contributed by atoms with Crippen molar-refractivity contribution in [3.8, 4) is 11.8 Å². The summed E-state index contributed by atoms with van der Waals surface area (Å²) in [6.45, 7) is 3.63. The molecule has 1 N–H and O–H groups in total. The highest BCUT2D eigenvalue weighted by Crippen LogP contribution is 2.26. The van der Waals surface area contributed by atoms with Crippen LogP contribution in [0.3, 0.4) is 0 Å². The molecule has 0 bridgehead atoms. The van der Waals surface area contributed by atoms with E-state index in [0.717, 1.165) is 18.7 Å². The van der Waals surface area contributed by atoms with Crippen LogP contribution in [0.25, 0.3) is 0 Å². The number of oxazole rings is 1. The highest BCUT2D eigenvalue weighted by Gasteiger charge is 2.24. The molecule has 3 aromatic rings. The Hall–Kier alpha value is -2.76. The molecule has 4 rings (SSSR count). The van der Waals surface area contributed by atoms with E-state index in [4.69, 9.17) is 37.1 Å². The minimum Gasteiger partial charge on any atom is -0.484 e. The monoisotopic (exact) mass is 472 g/mol. The van der Waals surface area contributed by atoms with Crippen molar-refractivity contribution < 1.29 is 13.9 Å². The summed E-state index contributed by atoms with van der Waals surface area (Å²) < 4.78 is 17.0. The number of hydrogen-bond acceptors (Lipinski definition) is 7. The van der Waals surface area contributed by atoms with Gasteiger partial charge in [-0.25, -0.2) is 0 Å². The van der Waals surface area contributed by atoms with Gasteiger partial charge in [0.1, 0.15) is 11.8 Å². The van der Waals surface area contributed by atoms with Crippen LogP contribution in [0.5, 0.6) is 5.75 Å². The molecular weight excluding hydrogens is 451 g/mol. The standard InChI is InChI=1S/C23H22Cl2N4O3/c24-17-3-1-16(2-4-17)21(29-9-11-30-12-10-29)14-27-23-20(13-26)28-22(32-23)15-31-19-7-5-18(25)6-8-19/h1-8,21,27H,9-12,14-15H2/t21-/m0/s1. The zero-order chi connectivity index (χ0) is 22.3. The van der Waals surface area contributed by atoms with E-state index in [2.05, 4.69) is 21.3 Å². The number of rotatable bonds is 8. The van der Waals surface area contributed by atoms with E-state index in [1.54, 1.807) is 24.3 Å². The molecule has 1 aromatic heterocycles. The van der Waals surface area contributed by atoms with Crippen LogP contribution in [0.4, 0.5) is 5.88 Å². The SMILES string of the molecule is N#Cc1nc(COc2ccc(Cl)cc2)oc1NC[C@@H](c1ccc(Cl)cc1)N1CCOCC1. The number of aromatic nitrogens is 1. The van der Waals surface area contributed by atoms with Crippen molar-refractivity contribution in [3.05, 3.63) is 75.7 Å². The smallest absolute Gasteiger partial charge is 0.236 e. The second-order valence-electron chi connectivity index (χ2n) is 7.24. The fraction of sp³-hybridized carbons (Fsp3) is 0.304. The third kappa shape index (κ3) is 5.72. The molecule has 2 heterocycles. The lowest BCUT2D eigenvalue weighted by atomic mass is 10.0. The van der Waals surface area contributed by atoms with E-state index in [0.29, 0.717) is 47.3 Å². The van der Waals surface area contributed by atoms with E-state index in [-0.39, 0.29) is 18.3 Å². The maximum Gasteiger partial charge on any atom is 0.236 e. The van der Waals surface area contributed by atoms with Crippen molar-refractivity contribution in [1.29, 1.82) is 5.26 Å². The molecule has 1 aliphatic heterocycles. The average molecular weight is 473 g/mol. The van der Waals surface area contributed by atoms with E-state index >= 15 is 0 Å². The molecule has 0 saturated carbocycles. The highest BCUT2D eigenvalue weighted by molar-refractivity contribution is 6.30. The van der Waals surface area contributed by atoms with Gasteiger partial charge in [0.05, 0.1) is 19.3 Å². The molecule has 0 unspecified atom stereocenters. The Labute approximate surface area is 196 Å². The van der Waals surface area contributed by atoms with Crippen molar-refractivity contribution >= 4 is 29.1 Å². The fourth-order valence-corrected chi connectivity index (χ4v) is 3.77.